The predicted molar refractivity (Wildman–Crippen MR) is 82.2 cm³/mol. The summed E-state index contributed by atoms with van der Waals surface area (Å²) in [5.41, 5.74) is 0.213. The molecule has 1 unspecified atom stereocenters. The second kappa shape index (κ2) is 7.99. The van der Waals surface area contributed by atoms with Gasteiger partial charge in [-0.25, -0.2) is 8.78 Å². The van der Waals surface area contributed by atoms with Crippen molar-refractivity contribution in [1.29, 1.82) is 0 Å². The van der Waals surface area contributed by atoms with Crippen molar-refractivity contribution < 1.29 is 8.78 Å². The van der Waals surface area contributed by atoms with Gasteiger partial charge in [-0.1, -0.05) is 25.8 Å². The summed E-state index contributed by atoms with van der Waals surface area (Å²) in [6.45, 7) is 2.86. The zero-order chi connectivity index (χ0) is 14.4. The Morgan fingerprint density at radius 2 is 1.90 bits per heavy atom. The molecule has 0 aliphatic heterocycles. The van der Waals surface area contributed by atoms with Crippen LogP contribution >= 0.6 is 11.8 Å². The second-order valence-electron chi connectivity index (χ2n) is 5.40. The van der Waals surface area contributed by atoms with Crippen molar-refractivity contribution in [3.63, 3.8) is 0 Å². The van der Waals surface area contributed by atoms with E-state index in [2.05, 4.69) is 5.32 Å². The van der Waals surface area contributed by atoms with Gasteiger partial charge in [0.15, 0.2) is 0 Å². The molecule has 1 N–H and O–H groups in total. The zero-order valence-electron chi connectivity index (χ0n) is 12.0. The van der Waals surface area contributed by atoms with E-state index in [4.69, 9.17) is 0 Å². The molecule has 1 saturated carbocycles. The molecule has 1 atom stereocenters. The highest BCUT2D eigenvalue weighted by Gasteiger charge is 2.19. The molecule has 1 nitrogen and oxygen atoms in total. The van der Waals surface area contributed by atoms with Crippen molar-refractivity contribution in [2.24, 2.45) is 0 Å². The third-order valence-electron chi connectivity index (χ3n) is 3.84. The molecule has 0 radical (unpaired) electrons. The lowest BCUT2D eigenvalue weighted by Gasteiger charge is -2.20. The lowest BCUT2D eigenvalue weighted by molar-refractivity contribution is 0.511. The average molecular weight is 299 g/mol. The first-order valence-electron chi connectivity index (χ1n) is 7.48. The quantitative estimate of drug-likeness (QED) is 0.811. The van der Waals surface area contributed by atoms with E-state index in [1.807, 2.05) is 18.7 Å². The predicted octanol–water partition coefficient (Wildman–Crippen LogP) is 4.16. The van der Waals surface area contributed by atoms with Gasteiger partial charge in [0.25, 0.3) is 0 Å². The first-order chi connectivity index (χ1) is 9.70. The number of likely N-dealkylation sites (N-methyl/N-ethyl adjacent to an activating group) is 1. The van der Waals surface area contributed by atoms with Gasteiger partial charge in [0, 0.05) is 22.6 Å². The molecule has 1 aromatic rings. The van der Waals surface area contributed by atoms with Crippen LogP contribution in [0.25, 0.3) is 0 Å². The van der Waals surface area contributed by atoms with Crippen molar-refractivity contribution in [1.82, 2.24) is 5.32 Å². The monoisotopic (exact) mass is 299 g/mol. The van der Waals surface area contributed by atoms with E-state index in [0.717, 1.165) is 17.5 Å². The Morgan fingerprint density at radius 1 is 1.25 bits per heavy atom. The maximum Gasteiger partial charge on any atom is 0.129 e. The molecule has 1 aromatic carbocycles. The van der Waals surface area contributed by atoms with Crippen molar-refractivity contribution in [2.75, 3.05) is 12.3 Å². The molecule has 0 heterocycles. The lowest BCUT2D eigenvalue weighted by Crippen LogP contribution is -2.34. The third-order valence-corrected chi connectivity index (χ3v) is 5.38. The Kier molecular flexibility index (Phi) is 6.30. The van der Waals surface area contributed by atoms with Crippen LogP contribution in [0.15, 0.2) is 18.2 Å². The molecule has 2 rings (SSSR count). The summed E-state index contributed by atoms with van der Waals surface area (Å²) in [6, 6.07) is 4.23. The zero-order valence-corrected chi connectivity index (χ0v) is 12.8. The van der Waals surface area contributed by atoms with Gasteiger partial charge in [-0.05, 0) is 37.9 Å². The Bertz CT molecular complexity index is 399. The molecular formula is C16H23F2NS. The maximum absolute atomic E-state index is 13.7. The number of hydrogen-bond acceptors (Lipinski definition) is 2. The van der Waals surface area contributed by atoms with E-state index in [9.17, 15) is 8.78 Å². The number of nitrogens with one attached hydrogen (secondary N) is 1. The van der Waals surface area contributed by atoms with Crippen LogP contribution in [0.5, 0.6) is 0 Å². The van der Waals surface area contributed by atoms with Gasteiger partial charge in [-0.3, -0.25) is 0 Å². The standard InChI is InChI=1S/C16H23F2NS/c1-2-19-12(11-20-13-6-3-4-7-13)10-14-15(17)8-5-9-16(14)18/h5,8-9,12-13,19H,2-4,6-7,10-11H2,1H3. The smallest absolute Gasteiger partial charge is 0.129 e. The molecule has 1 aliphatic rings. The lowest BCUT2D eigenvalue weighted by atomic mass is 10.1. The van der Waals surface area contributed by atoms with Crippen LogP contribution in [-0.4, -0.2) is 23.6 Å². The summed E-state index contributed by atoms with van der Waals surface area (Å²) in [7, 11) is 0. The molecule has 20 heavy (non-hydrogen) atoms. The Labute approximate surface area is 124 Å². The minimum absolute atomic E-state index is 0.136. The van der Waals surface area contributed by atoms with Gasteiger partial charge < -0.3 is 5.32 Å². The van der Waals surface area contributed by atoms with Crippen molar-refractivity contribution in [2.45, 2.75) is 50.3 Å². The van der Waals surface area contributed by atoms with E-state index in [-0.39, 0.29) is 11.6 Å². The number of halogens is 2. The van der Waals surface area contributed by atoms with E-state index in [0.29, 0.717) is 6.42 Å². The van der Waals surface area contributed by atoms with Crippen molar-refractivity contribution in [3.05, 3.63) is 35.4 Å². The van der Waals surface area contributed by atoms with Gasteiger partial charge in [0.05, 0.1) is 0 Å². The highest BCUT2D eigenvalue weighted by Crippen LogP contribution is 2.30. The Morgan fingerprint density at radius 3 is 2.50 bits per heavy atom. The first-order valence-corrected chi connectivity index (χ1v) is 8.53. The largest absolute Gasteiger partial charge is 0.313 e. The fourth-order valence-electron chi connectivity index (χ4n) is 2.76. The van der Waals surface area contributed by atoms with E-state index >= 15 is 0 Å². The van der Waals surface area contributed by atoms with Gasteiger partial charge >= 0.3 is 0 Å². The van der Waals surface area contributed by atoms with Crippen molar-refractivity contribution in [3.8, 4) is 0 Å². The minimum atomic E-state index is -0.432. The summed E-state index contributed by atoms with van der Waals surface area (Å²) in [5, 5.41) is 4.09. The fourth-order valence-corrected chi connectivity index (χ4v) is 4.17. The second-order valence-corrected chi connectivity index (χ2v) is 6.73. The molecule has 112 valence electrons. The first kappa shape index (κ1) is 15.8. The topological polar surface area (TPSA) is 12.0 Å². The third kappa shape index (κ3) is 4.45. The molecule has 1 fully saturated rings. The Hall–Kier alpha value is -0.610. The highest BCUT2D eigenvalue weighted by molar-refractivity contribution is 7.99. The van der Waals surface area contributed by atoms with Gasteiger partial charge in [0.1, 0.15) is 11.6 Å². The normalized spacial score (nSPS) is 17.6. The van der Waals surface area contributed by atoms with Gasteiger partial charge in [-0.15, -0.1) is 0 Å². The van der Waals surface area contributed by atoms with Crippen LogP contribution in [-0.2, 0) is 6.42 Å². The van der Waals surface area contributed by atoms with E-state index in [1.165, 1.54) is 43.9 Å². The van der Waals surface area contributed by atoms with E-state index < -0.39 is 11.6 Å². The number of benzene rings is 1. The fraction of sp³-hybridized carbons (Fsp3) is 0.625. The molecule has 1 aliphatic carbocycles. The van der Waals surface area contributed by atoms with Crippen LogP contribution < -0.4 is 5.32 Å². The molecule has 4 heteroatoms. The van der Waals surface area contributed by atoms with Crippen LogP contribution in [0.4, 0.5) is 8.78 Å². The molecular weight excluding hydrogens is 276 g/mol. The van der Waals surface area contributed by atoms with Crippen LogP contribution in [0.3, 0.4) is 0 Å². The molecule has 0 saturated heterocycles. The number of hydrogen-bond donors (Lipinski definition) is 1. The molecule has 0 bridgehead atoms. The van der Waals surface area contributed by atoms with Gasteiger partial charge in [-0.2, -0.15) is 11.8 Å². The van der Waals surface area contributed by atoms with Crippen LogP contribution in [0, 0.1) is 11.6 Å². The molecule has 0 aromatic heterocycles. The van der Waals surface area contributed by atoms with Gasteiger partial charge in [0.2, 0.25) is 0 Å². The highest BCUT2D eigenvalue weighted by atomic mass is 32.2. The van der Waals surface area contributed by atoms with Crippen LogP contribution in [0.1, 0.15) is 38.2 Å². The Balaban J connectivity index is 1.93. The summed E-state index contributed by atoms with van der Waals surface area (Å²) < 4.78 is 27.4. The molecule has 0 spiro atoms. The maximum atomic E-state index is 13.7. The average Bonchev–Trinajstić information content (AvgIpc) is 2.93. The number of rotatable bonds is 7. The number of thioether (sulfide) groups is 1. The van der Waals surface area contributed by atoms with Crippen molar-refractivity contribution >= 4 is 11.8 Å². The summed E-state index contributed by atoms with van der Waals surface area (Å²) in [5.74, 6) is 0.0595. The van der Waals surface area contributed by atoms with Crippen LogP contribution in [0.2, 0.25) is 0 Å². The summed E-state index contributed by atoms with van der Waals surface area (Å²) in [6.07, 6.45) is 5.65. The molecule has 0 amide bonds. The summed E-state index contributed by atoms with van der Waals surface area (Å²) >= 11 is 1.96. The summed E-state index contributed by atoms with van der Waals surface area (Å²) in [4.78, 5) is 0. The SMILES string of the molecule is CCNC(CSC1CCCC1)Cc1c(F)cccc1F. The minimum Gasteiger partial charge on any atom is -0.313 e. The van der Waals surface area contributed by atoms with E-state index in [1.54, 1.807) is 0 Å².